The molecule has 0 N–H and O–H groups in total. The Morgan fingerprint density at radius 3 is 1.95 bits per heavy atom. The van der Waals surface area contributed by atoms with E-state index in [0.29, 0.717) is 34.3 Å². The molecule has 8 heteroatoms. The SMILES string of the molecule is COc1cc(OC(C)=O)cc2c1C1=C([C@H](c3ccccc3)O2)[C@H](/C=C/c2ccccc2)c2c(OC)cc(OC(C)=O)cc2O1. The van der Waals surface area contributed by atoms with Crippen LogP contribution in [0.25, 0.3) is 11.8 Å². The molecule has 2 atom stereocenters. The Kier molecular flexibility index (Phi) is 7.81. The molecule has 0 fully saturated rings. The lowest BCUT2D eigenvalue weighted by Gasteiger charge is -2.39. The number of hydrogen-bond donors (Lipinski definition) is 0. The first kappa shape index (κ1) is 28.6. The number of esters is 2. The van der Waals surface area contributed by atoms with Crippen molar-refractivity contribution in [1.29, 1.82) is 0 Å². The number of carbonyl (C=O) groups is 2. The van der Waals surface area contributed by atoms with Crippen LogP contribution < -0.4 is 28.4 Å². The molecule has 222 valence electrons. The summed E-state index contributed by atoms with van der Waals surface area (Å²) >= 11 is 0. The number of hydrogen-bond acceptors (Lipinski definition) is 8. The molecule has 2 heterocycles. The quantitative estimate of drug-likeness (QED) is 0.164. The Labute approximate surface area is 255 Å². The van der Waals surface area contributed by atoms with Crippen LogP contribution in [0.5, 0.6) is 34.5 Å². The summed E-state index contributed by atoms with van der Waals surface area (Å²) < 4.78 is 36.0. The van der Waals surface area contributed by atoms with Gasteiger partial charge in [-0.1, -0.05) is 72.8 Å². The highest BCUT2D eigenvalue weighted by atomic mass is 16.5. The molecule has 0 saturated heterocycles. The van der Waals surface area contributed by atoms with E-state index in [0.717, 1.165) is 22.3 Å². The lowest BCUT2D eigenvalue weighted by atomic mass is 9.79. The van der Waals surface area contributed by atoms with Crippen molar-refractivity contribution in [3.8, 4) is 34.5 Å². The van der Waals surface area contributed by atoms with Gasteiger partial charge in [-0.15, -0.1) is 0 Å². The van der Waals surface area contributed by atoms with Crippen LogP contribution in [0.1, 0.15) is 48.1 Å². The van der Waals surface area contributed by atoms with Gasteiger partial charge in [0, 0.05) is 55.2 Å². The lowest BCUT2D eigenvalue weighted by Crippen LogP contribution is -2.27. The average molecular weight is 591 g/mol. The fraction of sp³-hybridized carbons (Fsp3) is 0.167. The van der Waals surface area contributed by atoms with E-state index in [1.807, 2.05) is 66.7 Å². The van der Waals surface area contributed by atoms with Crippen molar-refractivity contribution in [1.82, 2.24) is 0 Å². The third kappa shape index (κ3) is 5.49. The molecular formula is C36H30O8. The maximum absolute atomic E-state index is 11.9. The predicted molar refractivity (Wildman–Crippen MR) is 164 cm³/mol. The van der Waals surface area contributed by atoms with E-state index in [-0.39, 0.29) is 11.5 Å². The van der Waals surface area contributed by atoms with E-state index in [9.17, 15) is 9.59 Å². The number of rotatable bonds is 7. The third-order valence-electron chi connectivity index (χ3n) is 7.34. The van der Waals surface area contributed by atoms with Gasteiger partial charge in [0.05, 0.1) is 14.2 Å². The molecule has 0 bridgehead atoms. The van der Waals surface area contributed by atoms with Crippen molar-refractivity contribution >= 4 is 23.8 Å². The van der Waals surface area contributed by atoms with Crippen LogP contribution >= 0.6 is 0 Å². The van der Waals surface area contributed by atoms with E-state index in [1.165, 1.54) is 21.0 Å². The molecule has 2 aliphatic heterocycles. The zero-order valence-electron chi connectivity index (χ0n) is 24.7. The van der Waals surface area contributed by atoms with Crippen LogP contribution in [0.2, 0.25) is 0 Å². The monoisotopic (exact) mass is 590 g/mol. The summed E-state index contributed by atoms with van der Waals surface area (Å²) in [7, 11) is 3.10. The summed E-state index contributed by atoms with van der Waals surface area (Å²) in [5.41, 5.74) is 4.03. The normalized spacial score (nSPS) is 16.5. The highest BCUT2D eigenvalue weighted by molar-refractivity contribution is 5.84. The molecule has 0 amide bonds. The molecule has 0 saturated carbocycles. The topological polar surface area (TPSA) is 89.5 Å². The molecular weight excluding hydrogens is 560 g/mol. The van der Waals surface area contributed by atoms with E-state index < -0.39 is 24.0 Å². The Bertz CT molecular complexity index is 1790. The van der Waals surface area contributed by atoms with Gasteiger partial charge in [0.2, 0.25) is 0 Å². The van der Waals surface area contributed by atoms with Gasteiger partial charge in [-0.05, 0) is 11.1 Å². The first-order chi connectivity index (χ1) is 21.4. The van der Waals surface area contributed by atoms with Crippen LogP contribution in [0.3, 0.4) is 0 Å². The number of benzene rings is 4. The molecule has 6 rings (SSSR count). The Morgan fingerprint density at radius 2 is 1.34 bits per heavy atom. The highest BCUT2D eigenvalue weighted by Gasteiger charge is 2.43. The minimum absolute atomic E-state index is 0.277. The van der Waals surface area contributed by atoms with Gasteiger partial charge in [0.15, 0.2) is 0 Å². The minimum Gasteiger partial charge on any atom is -0.496 e. The first-order valence-electron chi connectivity index (χ1n) is 14.0. The standard InChI is InChI=1S/C36H30O8/c1-21(37)41-25-17-28(39-3)32-27(16-15-23-11-7-5-8-12-23)33-35(24-13-9-6-10-14-24)43-31-20-26(42-22(2)38)18-29(40-4)34(31)36(33)44-30(32)19-25/h5-20,27,35H,1-4H3/b16-15+/t27-,35+/m1/s1. The zero-order valence-corrected chi connectivity index (χ0v) is 24.7. The second-order valence-corrected chi connectivity index (χ2v) is 10.3. The van der Waals surface area contributed by atoms with Crippen molar-refractivity contribution in [3.63, 3.8) is 0 Å². The second-order valence-electron chi connectivity index (χ2n) is 10.3. The number of fused-ring (bicyclic) bond motifs is 3. The van der Waals surface area contributed by atoms with Crippen molar-refractivity contribution in [3.05, 3.63) is 119 Å². The van der Waals surface area contributed by atoms with Crippen LogP contribution in [-0.2, 0) is 9.59 Å². The van der Waals surface area contributed by atoms with Crippen LogP contribution in [-0.4, -0.2) is 26.2 Å². The zero-order chi connectivity index (χ0) is 30.8. The number of carbonyl (C=O) groups excluding carboxylic acids is 2. The van der Waals surface area contributed by atoms with Crippen molar-refractivity contribution in [2.24, 2.45) is 0 Å². The predicted octanol–water partition coefficient (Wildman–Crippen LogP) is 7.29. The molecule has 0 aromatic heterocycles. The van der Waals surface area contributed by atoms with Gasteiger partial charge < -0.3 is 28.4 Å². The second kappa shape index (κ2) is 12.0. The average Bonchev–Trinajstić information content (AvgIpc) is 3.02. The lowest BCUT2D eigenvalue weighted by molar-refractivity contribution is -0.132. The Hall–Kier alpha value is -5.50. The largest absolute Gasteiger partial charge is 0.496 e. The molecule has 4 aromatic rings. The Balaban J connectivity index is 1.64. The van der Waals surface area contributed by atoms with Gasteiger partial charge in [-0.25, -0.2) is 0 Å². The highest BCUT2D eigenvalue weighted by Crippen LogP contribution is 2.58. The van der Waals surface area contributed by atoms with Crippen molar-refractivity contribution in [2.45, 2.75) is 25.9 Å². The van der Waals surface area contributed by atoms with Crippen LogP contribution in [0.15, 0.2) is 96.6 Å². The fourth-order valence-electron chi connectivity index (χ4n) is 5.61. The smallest absolute Gasteiger partial charge is 0.308 e. The maximum Gasteiger partial charge on any atom is 0.308 e. The van der Waals surface area contributed by atoms with E-state index >= 15 is 0 Å². The Morgan fingerprint density at radius 1 is 0.750 bits per heavy atom. The van der Waals surface area contributed by atoms with Crippen molar-refractivity contribution < 1.29 is 38.0 Å². The van der Waals surface area contributed by atoms with Gasteiger partial charge in [0.1, 0.15) is 51.9 Å². The molecule has 0 spiro atoms. The van der Waals surface area contributed by atoms with Crippen LogP contribution in [0.4, 0.5) is 0 Å². The molecule has 0 radical (unpaired) electrons. The van der Waals surface area contributed by atoms with E-state index in [4.69, 9.17) is 28.4 Å². The first-order valence-corrected chi connectivity index (χ1v) is 14.0. The van der Waals surface area contributed by atoms with E-state index in [1.54, 1.807) is 31.4 Å². The molecule has 0 unspecified atom stereocenters. The van der Waals surface area contributed by atoms with Crippen LogP contribution in [0, 0.1) is 0 Å². The van der Waals surface area contributed by atoms with Gasteiger partial charge in [0.25, 0.3) is 0 Å². The molecule has 2 aliphatic rings. The number of ether oxygens (including phenoxy) is 6. The minimum atomic E-state index is -0.590. The molecule has 8 nitrogen and oxygen atoms in total. The summed E-state index contributed by atoms with van der Waals surface area (Å²) in [5.74, 6) is 1.50. The van der Waals surface area contributed by atoms with Crippen molar-refractivity contribution in [2.75, 3.05) is 14.2 Å². The third-order valence-corrected chi connectivity index (χ3v) is 7.34. The number of allylic oxidation sites excluding steroid dienone is 1. The summed E-state index contributed by atoms with van der Waals surface area (Å²) in [6.07, 6.45) is 3.54. The maximum atomic E-state index is 11.9. The summed E-state index contributed by atoms with van der Waals surface area (Å²) in [6, 6.07) is 26.4. The van der Waals surface area contributed by atoms with E-state index in [2.05, 4.69) is 6.08 Å². The molecule has 4 aromatic carbocycles. The van der Waals surface area contributed by atoms with Gasteiger partial charge >= 0.3 is 11.9 Å². The summed E-state index contributed by atoms with van der Waals surface area (Å²) in [4.78, 5) is 23.7. The molecule has 44 heavy (non-hydrogen) atoms. The van der Waals surface area contributed by atoms with Gasteiger partial charge in [-0.2, -0.15) is 0 Å². The summed E-state index contributed by atoms with van der Waals surface area (Å²) in [5, 5.41) is 0. The fourth-order valence-corrected chi connectivity index (χ4v) is 5.61. The molecule has 0 aliphatic carbocycles. The number of methoxy groups -OCH3 is 2. The summed E-state index contributed by atoms with van der Waals surface area (Å²) in [6.45, 7) is 2.67. The van der Waals surface area contributed by atoms with Gasteiger partial charge in [-0.3, -0.25) is 9.59 Å².